The number of benzene rings is 2. The van der Waals surface area contributed by atoms with Gasteiger partial charge in [-0.15, -0.1) is 0 Å². The topological polar surface area (TPSA) is 76.8 Å². The van der Waals surface area contributed by atoms with Gasteiger partial charge < -0.3 is 24.1 Å². The third kappa shape index (κ3) is 7.27. The zero-order valence-corrected chi connectivity index (χ0v) is 22.8. The molecule has 0 radical (unpaired) electrons. The van der Waals surface area contributed by atoms with E-state index in [-0.39, 0.29) is 12.5 Å². The van der Waals surface area contributed by atoms with E-state index in [1.807, 2.05) is 79.7 Å². The second-order valence-electron chi connectivity index (χ2n) is 9.42. The molecular formula is C30H34ClN3O4. The Morgan fingerprint density at radius 1 is 1.11 bits per heavy atom. The van der Waals surface area contributed by atoms with Crippen LogP contribution in [0.3, 0.4) is 0 Å². The van der Waals surface area contributed by atoms with Crippen molar-refractivity contribution in [1.29, 1.82) is 0 Å². The van der Waals surface area contributed by atoms with Crippen LogP contribution in [0.15, 0.2) is 71.3 Å². The Kier molecular flexibility index (Phi) is 9.62. The van der Waals surface area contributed by atoms with Crippen molar-refractivity contribution in [2.75, 3.05) is 27.3 Å². The molecule has 0 aliphatic heterocycles. The fourth-order valence-corrected chi connectivity index (χ4v) is 4.47. The lowest BCUT2D eigenvalue weighted by Crippen LogP contribution is -2.33. The SMILES string of the molecule is CCCCOc1c(CC(NC(=O)COc2ccccc2)c2ccc(CN(C)C)o2)cc(Cl)c2cccnc12. The van der Waals surface area contributed by atoms with E-state index in [9.17, 15) is 4.79 Å². The summed E-state index contributed by atoms with van der Waals surface area (Å²) in [6.07, 6.45) is 4.06. The van der Waals surface area contributed by atoms with Gasteiger partial charge in [-0.05, 0) is 63.0 Å². The lowest BCUT2D eigenvalue weighted by Gasteiger charge is -2.21. The number of unbranched alkanes of at least 4 members (excludes halogenated alkanes) is 1. The monoisotopic (exact) mass is 535 g/mol. The molecule has 200 valence electrons. The third-order valence-corrected chi connectivity index (χ3v) is 6.30. The van der Waals surface area contributed by atoms with Crippen LogP contribution in [0.1, 0.15) is 42.9 Å². The third-order valence-electron chi connectivity index (χ3n) is 5.99. The van der Waals surface area contributed by atoms with Crippen molar-refractivity contribution in [3.05, 3.63) is 89.0 Å². The summed E-state index contributed by atoms with van der Waals surface area (Å²) in [7, 11) is 3.96. The summed E-state index contributed by atoms with van der Waals surface area (Å²) in [4.78, 5) is 19.6. The summed E-state index contributed by atoms with van der Waals surface area (Å²) in [5.74, 6) is 2.50. The highest BCUT2D eigenvalue weighted by atomic mass is 35.5. The Labute approximate surface area is 228 Å². The van der Waals surface area contributed by atoms with E-state index in [4.69, 9.17) is 25.5 Å². The molecule has 4 aromatic rings. The minimum Gasteiger partial charge on any atom is -0.491 e. The first-order valence-electron chi connectivity index (χ1n) is 12.8. The summed E-state index contributed by atoms with van der Waals surface area (Å²) in [6.45, 7) is 3.21. The molecule has 7 nitrogen and oxygen atoms in total. The molecule has 0 spiro atoms. The number of amides is 1. The molecule has 1 atom stereocenters. The van der Waals surface area contributed by atoms with Crippen molar-refractivity contribution in [3.63, 3.8) is 0 Å². The number of hydrogen-bond donors (Lipinski definition) is 1. The maximum atomic E-state index is 13.0. The molecule has 38 heavy (non-hydrogen) atoms. The Balaban J connectivity index is 1.63. The van der Waals surface area contributed by atoms with Gasteiger partial charge in [0.1, 0.15) is 28.5 Å². The van der Waals surface area contributed by atoms with Crippen LogP contribution < -0.4 is 14.8 Å². The van der Waals surface area contributed by atoms with Gasteiger partial charge in [-0.3, -0.25) is 9.78 Å². The molecular weight excluding hydrogens is 502 g/mol. The highest BCUT2D eigenvalue weighted by Gasteiger charge is 2.23. The van der Waals surface area contributed by atoms with Crippen LogP contribution in [-0.4, -0.2) is 43.1 Å². The predicted molar refractivity (Wildman–Crippen MR) is 150 cm³/mol. The first-order chi connectivity index (χ1) is 18.4. The molecule has 0 fully saturated rings. The smallest absolute Gasteiger partial charge is 0.258 e. The lowest BCUT2D eigenvalue weighted by atomic mass is 10.0. The Bertz CT molecular complexity index is 1340. The van der Waals surface area contributed by atoms with Crippen LogP contribution >= 0.6 is 11.6 Å². The highest BCUT2D eigenvalue weighted by molar-refractivity contribution is 6.35. The molecule has 1 N–H and O–H groups in total. The summed E-state index contributed by atoms with van der Waals surface area (Å²) in [6, 6.07) is 18.3. The Morgan fingerprint density at radius 3 is 2.68 bits per heavy atom. The zero-order valence-electron chi connectivity index (χ0n) is 22.1. The number of fused-ring (bicyclic) bond motifs is 1. The number of ether oxygens (including phenoxy) is 2. The van der Waals surface area contributed by atoms with Gasteiger partial charge in [-0.25, -0.2) is 0 Å². The van der Waals surface area contributed by atoms with Gasteiger partial charge in [0.15, 0.2) is 6.61 Å². The number of carbonyl (C=O) groups excluding carboxylic acids is 1. The molecule has 0 aliphatic carbocycles. The quantitative estimate of drug-likeness (QED) is 0.205. The van der Waals surface area contributed by atoms with Crippen molar-refractivity contribution in [2.24, 2.45) is 0 Å². The predicted octanol–water partition coefficient (Wildman–Crippen LogP) is 6.20. The number of hydrogen-bond acceptors (Lipinski definition) is 6. The second kappa shape index (κ2) is 13.3. The van der Waals surface area contributed by atoms with Crippen LogP contribution in [0.2, 0.25) is 5.02 Å². The van der Waals surface area contributed by atoms with Crippen LogP contribution in [0.4, 0.5) is 0 Å². The van der Waals surface area contributed by atoms with Crippen molar-refractivity contribution in [1.82, 2.24) is 15.2 Å². The molecule has 1 amide bonds. The fraction of sp³-hybridized carbons (Fsp3) is 0.333. The number of carbonyl (C=O) groups is 1. The molecule has 0 aliphatic rings. The summed E-state index contributed by atoms with van der Waals surface area (Å²) in [5.41, 5.74) is 1.55. The average molecular weight is 536 g/mol. The molecule has 2 aromatic heterocycles. The molecule has 0 bridgehead atoms. The Morgan fingerprint density at radius 2 is 1.92 bits per heavy atom. The number of para-hydroxylation sites is 1. The number of furan rings is 1. The summed E-state index contributed by atoms with van der Waals surface area (Å²) < 4.78 is 18.1. The minimum absolute atomic E-state index is 0.119. The largest absolute Gasteiger partial charge is 0.491 e. The van der Waals surface area contributed by atoms with E-state index in [2.05, 4.69) is 17.2 Å². The Hall–Kier alpha value is -3.55. The molecule has 4 rings (SSSR count). The normalized spacial score (nSPS) is 12.0. The van der Waals surface area contributed by atoms with Crippen molar-refractivity contribution in [2.45, 2.75) is 38.8 Å². The number of nitrogens with zero attached hydrogens (tertiary/aromatic N) is 2. The van der Waals surface area contributed by atoms with Crippen LogP contribution in [0, 0.1) is 0 Å². The van der Waals surface area contributed by atoms with Gasteiger partial charge in [-0.1, -0.05) is 43.1 Å². The van der Waals surface area contributed by atoms with Gasteiger partial charge in [-0.2, -0.15) is 0 Å². The molecule has 1 unspecified atom stereocenters. The molecule has 8 heteroatoms. The first-order valence-corrected chi connectivity index (χ1v) is 13.2. The first kappa shape index (κ1) is 27.5. The van der Waals surface area contributed by atoms with E-state index in [0.717, 1.165) is 29.6 Å². The van der Waals surface area contributed by atoms with Crippen LogP contribution in [-0.2, 0) is 17.8 Å². The molecule has 2 aromatic carbocycles. The molecule has 2 heterocycles. The van der Waals surface area contributed by atoms with Crippen LogP contribution in [0.25, 0.3) is 10.9 Å². The van der Waals surface area contributed by atoms with Gasteiger partial charge in [0.25, 0.3) is 5.91 Å². The highest BCUT2D eigenvalue weighted by Crippen LogP contribution is 2.36. The van der Waals surface area contributed by atoms with E-state index >= 15 is 0 Å². The molecule has 0 saturated carbocycles. The standard InChI is InChI=1S/C30H34ClN3O4/c1-4-5-16-36-30-21(17-25(31)24-12-9-15-32-29(24)30)18-26(27-14-13-23(38-27)19-34(2)3)33-28(35)20-37-22-10-7-6-8-11-22/h6-15,17,26H,4-5,16,18-20H2,1-3H3,(H,33,35). The average Bonchev–Trinajstić information content (AvgIpc) is 3.37. The van der Waals surface area contributed by atoms with E-state index in [1.165, 1.54) is 0 Å². The fourth-order valence-electron chi connectivity index (χ4n) is 4.18. The number of nitrogens with one attached hydrogen (secondary N) is 1. The maximum Gasteiger partial charge on any atom is 0.258 e. The van der Waals surface area contributed by atoms with Gasteiger partial charge in [0.05, 0.1) is 24.2 Å². The maximum absolute atomic E-state index is 13.0. The van der Waals surface area contributed by atoms with E-state index < -0.39 is 6.04 Å². The lowest BCUT2D eigenvalue weighted by molar-refractivity contribution is -0.124. The molecule has 0 saturated heterocycles. The van der Waals surface area contributed by atoms with Gasteiger partial charge >= 0.3 is 0 Å². The second-order valence-corrected chi connectivity index (χ2v) is 9.82. The van der Waals surface area contributed by atoms with Gasteiger partial charge in [0.2, 0.25) is 0 Å². The van der Waals surface area contributed by atoms with Crippen molar-refractivity contribution >= 4 is 28.4 Å². The minimum atomic E-state index is -0.469. The van der Waals surface area contributed by atoms with Crippen LogP contribution in [0.5, 0.6) is 11.5 Å². The summed E-state index contributed by atoms with van der Waals surface area (Å²) in [5, 5.41) is 4.50. The van der Waals surface area contributed by atoms with E-state index in [1.54, 1.807) is 6.20 Å². The van der Waals surface area contributed by atoms with Crippen molar-refractivity contribution < 1.29 is 18.7 Å². The van der Waals surface area contributed by atoms with E-state index in [0.29, 0.717) is 47.4 Å². The number of halogens is 1. The number of rotatable bonds is 13. The van der Waals surface area contributed by atoms with Crippen molar-refractivity contribution in [3.8, 4) is 11.5 Å². The summed E-state index contributed by atoms with van der Waals surface area (Å²) >= 11 is 6.68. The zero-order chi connectivity index (χ0) is 26.9. The number of aromatic nitrogens is 1. The number of pyridine rings is 1. The van der Waals surface area contributed by atoms with Gasteiger partial charge in [0, 0.05) is 23.6 Å².